The van der Waals surface area contributed by atoms with Gasteiger partial charge in [0.2, 0.25) is 0 Å². The smallest absolute Gasteiger partial charge is 0.129 e. The molecule has 0 heterocycles. The van der Waals surface area contributed by atoms with E-state index in [0.29, 0.717) is 0 Å². The van der Waals surface area contributed by atoms with Gasteiger partial charge in [-0.15, -0.1) is 6.58 Å². The minimum atomic E-state index is 0.289. The Morgan fingerprint density at radius 1 is 1.36 bits per heavy atom. The Labute approximate surface area is 135 Å². The molecule has 22 heavy (non-hydrogen) atoms. The summed E-state index contributed by atoms with van der Waals surface area (Å²) in [6, 6.07) is 6.16. The third-order valence-corrected chi connectivity index (χ3v) is 3.19. The highest BCUT2D eigenvalue weighted by Crippen LogP contribution is 2.20. The average Bonchev–Trinajstić information content (AvgIpc) is 2.48. The maximum atomic E-state index is 10.0. The molecule has 0 aromatic heterocycles. The van der Waals surface area contributed by atoms with Crippen LogP contribution in [0.1, 0.15) is 50.7 Å². The molecule has 0 N–H and O–H groups in total. The van der Waals surface area contributed by atoms with Gasteiger partial charge in [0.1, 0.15) is 11.5 Å². The molecule has 0 saturated heterocycles. The molecule has 0 saturated carbocycles. The van der Waals surface area contributed by atoms with E-state index in [4.69, 9.17) is 4.74 Å². The van der Waals surface area contributed by atoms with Crippen LogP contribution in [0.3, 0.4) is 0 Å². The molecule has 1 aromatic rings. The van der Waals surface area contributed by atoms with E-state index in [9.17, 15) is 4.79 Å². The Morgan fingerprint density at radius 3 is 2.41 bits per heavy atom. The molecule has 1 aromatic carbocycles. The Hall–Kier alpha value is -1.90. The van der Waals surface area contributed by atoms with Gasteiger partial charge in [0.25, 0.3) is 0 Å². The first kappa shape index (κ1) is 20.1. The van der Waals surface area contributed by atoms with Crippen LogP contribution in [-0.4, -0.2) is 25.7 Å². The summed E-state index contributed by atoms with van der Waals surface area (Å²) in [4.78, 5) is 14.4. The van der Waals surface area contributed by atoms with E-state index in [1.807, 2.05) is 33.0 Å². The Kier molecular flexibility index (Phi) is 10.7. The van der Waals surface area contributed by atoms with Crippen molar-refractivity contribution in [3.8, 4) is 5.75 Å². The normalized spacial score (nSPS) is 10.5. The fraction of sp³-hybridized carbons (Fsp3) is 0.474. The van der Waals surface area contributed by atoms with Crippen molar-refractivity contribution in [2.75, 3.05) is 14.2 Å². The predicted octanol–water partition coefficient (Wildman–Crippen LogP) is 4.76. The summed E-state index contributed by atoms with van der Waals surface area (Å²) in [7, 11) is 3.52. The van der Waals surface area contributed by atoms with Crippen LogP contribution in [0, 0.1) is 6.92 Å². The zero-order valence-corrected chi connectivity index (χ0v) is 14.6. The number of ether oxygens (including phenoxy) is 1. The van der Waals surface area contributed by atoms with Crippen molar-refractivity contribution < 1.29 is 9.53 Å². The van der Waals surface area contributed by atoms with Gasteiger partial charge < -0.3 is 9.53 Å². The number of Topliss-reactive ketones (excluding diaryl/α,β-unsaturated/α-hetero) is 1. The molecule has 3 heteroatoms. The predicted molar refractivity (Wildman–Crippen MR) is 95.2 cm³/mol. The first-order chi connectivity index (χ1) is 10.5. The van der Waals surface area contributed by atoms with E-state index in [0.717, 1.165) is 42.7 Å². The number of carbonyl (C=O) groups excluding carboxylic acids is 1. The van der Waals surface area contributed by atoms with Gasteiger partial charge in [-0.3, -0.25) is 4.99 Å². The lowest BCUT2D eigenvalue weighted by Gasteiger charge is -2.09. The second kappa shape index (κ2) is 11.7. The van der Waals surface area contributed by atoms with Crippen molar-refractivity contribution in [1.29, 1.82) is 0 Å². The van der Waals surface area contributed by atoms with Gasteiger partial charge in [-0.05, 0) is 62.4 Å². The molecule has 0 radical (unpaired) electrons. The third kappa shape index (κ3) is 7.77. The molecular weight excluding hydrogens is 274 g/mol. The second-order valence-electron chi connectivity index (χ2n) is 5.13. The van der Waals surface area contributed by atoms with Crippen molar-refractivity contribution in [3.63, 3.8) is 0 Å². The average molecular weight is 303 g/mol. The number of hydrogen-bond donors (Lipinski definition) is 0. The summed E-state index contributed by atoms with van der Waals surface area (Å²) in [5.74, 6) is 1.21. The quantitative estimate of drug-likeness (QED) is 0.538. The number of allylic oxidation sites excluding steroid dienone is 1. The number of carbonyl (C=O) groups is 1. The number of aryl methyl sites for hydroxylation is 1. The molecule has 0 unspecified atom stereocenters. The number of nitrogens with zero attached hydrogens (tertiary/aromatic N) is 1. The molecule has 122 valence electrons. The number of aliphatic imine (C=N–C) groups is 1. The maximum Gasteiger partial charge on any atom is 0.129 e. The Balaban J connectivity index is 0.000000626. The number of benzene rings is 1. The van der Waals surface area contributed by atoms with Crippen LogP contribution < -0.4 is 4.74 Å². The van der Waals surface area contributed by atoms with Gasteiger partial charge in [0.15, 0.2) is 0 Å². The fourth-order valence-electron chi connectivity index (χ4n) is 2.03. The topological polar surface area (TPSA) is 38.7 Å². The first-order valence-electron chi connectivity index (χ1n) is 7.71. The van der Waals surface area contributed by atoms with Gasteiger partial charge in [0.05, 0.1) is 7.11 Å². The molecule has 0 aliphatic rings. The van der Waals surface area contributed by atoms with Crippen molar-refractivity contribution in [3.05, 3.63) is 42.0 Å². The minimum absolute atomic E-state index is 0.289. The molecule has 0 aliphatic heterocycles. The van der Waals surface area contributed by atoms with E-state index < -0.39 is 0 Å². The van der Waals surface area contributed by atoms with Crippen molar-refractivity contribution in [1.82, 2.24) is 0 Å². The van der Waals surface area contributed by atoms with Crippen molar-refractivity contribution in [2.45, 2.75) is 46.5 Å². The molecule has 0 bridgehead atoms. The molecular formula is C19H29NO2. The zero-order valence-electron chi connectivity index (χ0n) is 14.6. The molecule has 0 atom stereocenters. The van der Waals surface area contributed by atoms with Gasteiger partial charge in [-0.1, -0.05) is 13.0 Å². The first-order valence-corrected chi connectivity index (χ1v) is 7.71. The fourth-order valence-corrected chi connectivity index (χ4v) is 2.03. The minimum Gasteiger partial charge on any atom is -0.496 e. The highest BCUT2D eigenvalue weighted by Gasteiger charge is 2.05. The highest BCUT2D eigenvalue weighted by atomic mass is 16.5. The van der Waals surface area contributed by atoms with Gasteiger partial charge in [-0.2, -0.15) is 0 Å². The molecule has 3 nitrogen and oxygen atoms in total. The number of hydrogen-bond acceptors (Lipinski definition) is 3. The van der Waals surface area contributed by atoms with E-state index in [1.165, 1.54) is 5.56 Å². The van der Waals surface area contributed by atoms with Crippen LogP contribution in [0.5, 0.6) is 5.75 Å². The van der Waals surface area contributed by atoms with E-state index in [-0.39, 0.29) is 5.78 Å². The standard InChI is InChI=1S/C14H19NO.C5H10O/c1-5-6-7-13(15-3)12-8-9-14(16-4)11(2)10-12;1-3-4-5(2)6/h5,8-10H,1,6-7H2,2-4H3;3-4H2,1-2H3. The van der Waals surface area contributed by atoms with Crippen molar-refractivity contribution in [2.24, 2.45) is 4.99 Å². The number of rotatable bonds is 7. The van der Waals surface area contributed by atoms with Gasteiger partial charge >= 0.3 is 0 Å². The second-order valence-corrected chi connectivity index (χ2v) is 5.13. The lowest BCUT2D eigenvalue weighted by Crippen LogP contribution is -2.01. The van der Waals surface area contributed by atoms with Crippen LogP contribution in [0.2, 0.25) is 0 Å². The van der Waals surface area contributed by atoms with Crippen LogP contribution >= 0.6 is 0 Å². The Bertz CT molecular complexity index is 504. The van der Waals surface area contributed by atoms with E-state index >= 15 is 0 Å². The van der Waals surface area contributed by atoms with Crippen molar-refractivity contribution >= 4 is 11.5 Å². The Morgan fingerprint density at radius 2 is 2.05 bits per heavy atom. The SMILES string of the molecule is C=CCCC(=NC)c1ccc(OC)c(C)c1.CCCC(C)=O. The molecule has 0 fully saturated rings. The van der Waals surface area contributed by atoms with Crippen LogP contribution in [0.15, 0.2) is 35.8 Å². The lowest BCUT2D eigenvalue weighted by molar-refractivity contribution is -0.117. The zero-order chi connectivity index (χ0) is 17.0. The summed E-state index contributed by atoms with van der Waals surface area (Å²) in [5.41, 5.74) is 3.42. The number of methoxy groups -OCH3 is 1. The maximum absolute atomic E-state index is 10.0. The largest absolute Gasteiger partial charge is 0.496 e. The van der Waals surface area contributed by atoms with Gasteiger partial charge in [0, 0.05) is 19.2 Å². The van der Waals surface area contributed by atoms with E-state index in [1.54, 1.807) is 14.0 Å². The van der Waals surface area contributed by atoms with Crippen LogP contribution in [0.4, 0.5) is 0 Å². The number of ketones is 1. The highest BCUT2D eigenvalue weighted by molar-refractivity contribution is 6.00. The van der Waals surface area contributed by atoms with Crippen LogP contribution in [0.25, 0.3) is 0 Å². The molecule has 1 rings (SSSR count). The lowest BCUT2D eigenvalue weighted by atomic mass is 10.0. The van der Waals surface area contributed by atoms with E-state index in [2.05, 4.69) is 23.7 Å². The van der Waals surface area contributed by atoms with Crippen LogP contribution in [-0.2, 0) is 4.79 Å². The molecule has 0 amide bonds. The summed E-state index contributed by atoms with van der Waals surface area (Å²) < 4.78 is 5.24. The summed E-state index contributed by atoms with van der Waals surface area (Å²) in [6.45, 7) is 9.39. The monoisotopic (exact) mass is 303 g/mol. The third-order valence-electron chi connectivity index (χ3n) is 3.19. The summed E-state index contributed by atoms with van der Waals surface area (Å²) >= 11 is 0. The summed E-state index contributed by atoms with van der Waals surface area (Å²) in [6.07, 6.45) is 5.53. The van der Waals surface area contributed by atoms with Gasteiger partial charge in [-0.25, -0.2) is 0 Å². The molecule has 0 spiro atoms. The summed E-state index contributed by atoms with van der Waals surface area (Å²) in [5, 5.41) is 0. The molecule has 0 aliphatic carbocycles.